The second-order valence-electron chi connectivity index (χ2n) is 24.8. The van der Waals surface area contributed by atoms with Gasteiger partial charge in [-0.05, 0) is 174 Å². The SMILES string of the molecule is CC(=O)C(=O)c1ccc(Cl)cc1.CC(=O)Cc1ccc(Cl)cc1.CC(=O)Cc1ccc([N+](=O)[O-])cc1.CC(=O)Cc1cccc(Cl)c1.CC(=O)Cc1cccs1.CC(=O)Cc1ccsc1.CC(=O)Cn1cc(-c2ccccc2)nn1.CC(=O)Cn1cc(C(C)C)nn1.CC(=O)Cn1cc(C)nn1.CC(=O)Cn1ccnn1. The zero-order chi connectivity index (χ0) is 83.0. The third-order valence-corrected chi connectivity index (χ3v) is 15.5. The van der Waals surface area contributed by atoms with Crippen LogP contribution in [0.3, 0.4) is 0 Å². The number of non-ortho nitro benzene ring substituents is 1. The van der Waals surface area contributed by atoms with Crippen molar-refractivity contribution in [1.29, 1.82) is 0 Å². The number of Topliss-reactive ketones (excluding diaryl/α,β-unsaturated/α-hetero) is 11. The summed E-state index contributed by atoms with van der Waals surface area (Å²) in [5.74, 6) is 0.606. The van der Waals surface area contributed by atoms with Crippen LogP contribution in [-0.2, 0) is 106 Å². The summed E-state index contributed by atoms with van der Waals surface area (Å²) in [5, 5.41) is 48.4. The Labute approximate surface area is 667 Å². The van der Waals surface area contributed by atoms with Crippen molar-refractivity contribution in [1.82, 2.24) is 60.0 Å². The van der Waals surface area contributed by atoms with Gasteiger partial charge in [-0.15, -0.1) is 31.7 Å². The minimum Gasteiger partial charge on any atom is -0.300 e. The van der Waals surface area contributed by atoms with Crippen molar-refractivity contribution in [3.05, 3.63) is 262 Å². The van der Waals surface area contributed by atoms with Crippen LogP contribution in [0.4, 0.5) is 5.69 Å². The quantitative estimate of drug-likeness (QED) is 0.0248. The number of carbonyl (C=O) groups excluding carboxylic acids is 11. The van der Waals surface area contributed by atoms with E-state index >= 15 is 0 Å². The van der Waals surface area contributed by atoms with E-state index in [1.165, 1.54) is 75.2 Å². The molecule has 0 radical (unpaired) electrons. The van der Waals surface area contributed by atoms with Crippen LogP contribution in [0.15, 0.2) is 193 Å². The van der Waals surface area contributed by atoms with E-state index in [1.807, 2.05) is 122 Å². The van der Waals surface area contributed by atoms with Crippen molar-refractivity contribution in [2.24, 2.45) is 0 Å². The first-order valence-corrected chi connectivity index (χ1v) is 37.0. The first-order valence-electron chi connectivity index (χ1n) is 34.0. The van der Waals surface area contributed by atoms with Crippen LogP contribution in [0.1, 0.15) is 138 Å². The van der Waals surface area contributed by atoms with E-state index in [2.05, 4.69) is 41.2 Å². The molecule has 0 amide bonds. The maximum atomic E-state index is 11.1. The normalized spacial score (nSPS) is 9.77. The molecule has 0 unspecified atom stereocenters. The van der Waals surface area contributed by atoms with E-state index in [0.717, 1.165) is 49.8 Å². The molecule has 0 N–H and O–H groups in total. The second-order valence-corrected chi connectivity index (χ2v) is 27.9. The lowest BCUT2D eigenvalue weighted by Crippen LogP contribution is -2.08. The summed E-state index contributed by atoms with van der Waals surface area (Å²) in [6.45, 7) is 22.4. The second kappa shape index (κ2) is 53.5. The molecule has 0 spiro atoms. The van der Waals surface area contributed by atoms with Gasteiger partial charge in [-0.2, -0.15) is 11.3 Å². The lowest BCUT2D eigenvalue weighted by molar-refractivity contribution is -0.384. The van der Waals surface area contributed by atoms with Crippen LogP contribution < -0.4 is 0 Å². The van der Waals surface area contributed by atoms with Crippen LogP contribution in [0.2, 0.25) is 15.1 Å². The molecule has 0 aliphatic rings. The highest BCUT2D eigenvalue weighted by Crippen LogP contribution is 2.17. The number of benzene rings is 5. The van der Waals surface area contributed by atoms with Gasteiger partial charge in [0.25, 0.3) is 5.69 Å². The number of nitro groups is 1. The lowest BCUT2D eigenvalue weighted by atomic mass is 10.1. The zero-order valence-electron chi connectivity index (χ0n) is 64.0. The maximum absolute atomic E-state index is 11.1. The summed E-state index contributed by atoms with van der Waals surface area (Å²) in [7, 11) is 0. The third-order valence-electron chi connectivity index (χ3n) is 13.2. The standard InChI is InChI=1S/C11H11N3O.C9H7ClO2.2C9H9ClO.C9H9NO3.C8H13N3O.2C7H8OS.C6H9N3O.C5H7N3O/c1-9(15)7-14-8-11(12-13-14)10-5-3-2-4-6-10;1-6(11)9(12)7-2-4-8(10)5-3-7;1-7(11)6-8-2-4-9(10)5-3-8;1-7(11)5-8-3-2-4-9(10)6-8;1-7(11)6-8-2-4-9(5-3-8)10(12)13;1-6(2)8-5-11(10-9-8)4-7(3)12;1-6(8)4-7-2-3-9-5-7;1-6(8)5-7-3-2-4-9-7;1-5-3-9(8-7-5)4-6(2)10;1-5(9)4-8-3-2-6-7-8/h2-6,8H,7H2,1H3;2-5H,1H3;2-5H,6H2,1H3;2-4,6H,5H2,1H3;2-5H,6H2,1H3;5-6H,4H2,1-3H3;2-3,5H,4H2,1H3;2-4H,5H2,1H3;3H,4H2,1-2H3;2-3H,4H2,1H3. The summed E-state index contributed by atoms with van der Waals surface area (Å²) >= 11 is 20.2. The fraction of sp³-hybridized carbons (Fsp3) is 0.287. The Bertz CT molecular complexity index is 4570. The van der Waals surface area contributed by atoms with Crippen molar-refractivity contribution >= 4 is 127 Å². The minimum absolute atomic E-state index is 0.0484. The van der Waals surface area contributed by atoms with Crippen molar-refractivity contribution in [3.8, 4) is 11.3 Å². The topological polar surface area (TPSA) is 354 Å². The smallest absolute Gasteiger partial charge is 0.269 e. The number of rotatable bonds is 23. The van der Waals surface area contributed by atoms with Crippen molar-refractivity contribution in [3.63, 3.8) is 0 Å². The van der Waals surface area contributed by atoms with E-state index in [4.69, 9.17) is 34.8 Å². The molecule has 26 nitrogen and oxygen atoms in total. The molecule has 0 saturated heterocycles. The Kier molecular flexibility index (Phi) is 46.2. The van der Waals surface area contributed by atoms with E-state index < -0.39 is 16.5 Å². The van der Waals surface area contributed by atoms with Crippen LogP contribution in [-0.4, -0.2) is 129 Å². The first-order chi connectivity index (χ1) is 52.5. The van der Waals surface area contributed by atoms with Gasteiger partial charge in [-0.1, -0.05) is 142 Å². The average molecular weight is 1610 g/mol. The Morgan fingerprint density at radius 3 is 1.35 bits per heavy atom. The third kappa shape index (κ3) is 46.6. The van der Waals surface area contributed by atoms with E-state index in [1.54, 1.807) is 127 Å². The van der Waals surface area contributed by atoms with Gasteiger partial charge in [0.15, 0.2) is 28.9 Å². The molecule has 111 heavy (non-hydrogen) atoms. The van der Waals surface area contributed by atoms with Crippen molar-refractivity contribution < 1.29 is 57.7 Å². The van der Waals surface area contributed by atoms with E-state index in [9.17, 15) is 62.9 Å². The first kappa shape index (κ1) is 95.8. The summed E-state index contributed by atoms with van der Waals surface area (Å²) in [5.41, 5.74) is 7.92. The number of nitro benzene ring substituents is 1. The van der Waals surface area contributed by atoms with Gasteiger partial charge in [-0.3, -0.25) is 62.9 Å². The summed E-state index contributed by atoms with van der Waals surface area (Å²) in [6, 6.07) is 42.6. The molecule has 0 bridgehead atoms. The number of nitrogens with zero attached hydrogens (tertiary/aromatic N) is 13. The molecule has 0 atom stereocenters. The number of ketones is 11. The minimum atomic E-state index is -0.480. The van der Waals surface area contributed by atoms with Gasteiger partial charge in [0.05, 0.1) is 28.7 Å². The number of hydrogen-bond acceptors (Lipinski definition) is 23. The molecular formula is C80H90Cl3N13O13S2. The number of aromatic nitrogens is 12. The molecule has 11 aromatic rings. The molecular weight excluding hydrogens is 1520 g/mol. The summed E-state index contributed by atoms with van der Waals surface area (Å²) in [6.07, 6.45) is 11.0. The molecule has 586 valence electrons. The van der Waals surface area contributed by atoms with E-state index in [-0.39, 0.29) is 64.3 Å². The fourth-order valence-electron chi connectivity index (χ4n) is 8.47. The molecule has 31 heteroatoms. The largest absolute Gasteiger partial charge is 0.300 e. The Balaban J connectivity index is 0.000000420. The highest BCUT2D eigenvalue weighted by Gasteiger charge is 2.11. The van der Waals surface area contributed by atoms with Gasteiger partial charge in [0.2, 0.25) is 5.78 Å². The molecule has 0 aliphatic carbocycles. The fourth-order valence-corrected chi connectivity index (χ4v) is 10.4. The summed E-state index contributed by atoms with van der Waals surface area (Å²) < 4.78 is 6.13. The van der Waals surface area contributed by atoms with Crippen LogP contribution in [0, 0.1) is 17.0 Å². The molecule has 0 saturated carbocycles. The van der Waals surface area contributed by atoms with Gasteiger partial charge in [0, 0.05) is 101 Å². The summed E-state index contributed by atoms with van der Waals surface area (Å²) in [4.78, 5) is 128. The lowest BCUT2D eigenvalue weighted by Gasteiger charge is -1.96. The maximum Gasteiger partial charge on any atom is 0.269 e. The number of hydrogen-bond donors (Lipinski definition) is 0. The Morgan fingerprint density at radius 2 is 0.928 bits per heavy atom. The Morgan fingerprint density at radius 1 is 0.450 bits per heavy atom. The monoisotopic (exact) mass is 1610 g/mol. The Hall–Kier alpha value is -11.3. The van der Waals surface area contributed by atoms with Crippen molar-refractivity contribution in [2.75, 3.05) is 0 Å². The number of thiophene rings is 2. The highest BCUT2D eigenvalue weighted by molar-refractivity contribution is 7.10. The molecule has 11 rings (SSSR count). The van der Waals surface area contributed by atoms with Crippen LogP contribution in [0.25, 0.3) is 11.3 Å². The molecule has 6 aromatic heterocycles. The number of aryl methyl sites for hydroxylation is 1. The van der Waals surface area contributed by atoms with Crippen molar-refractivity contribution in [2.45, 2.75) is 154 Å². The van der Waals surface area contributed by atoms with E-state index in [0.29, 0.717) is 78.3 Å². The molecule has 0 aliphatic heterocycles. The van der Waals surface area contributed by atoms with Crippen LogP contribution >= 0.6 is 57.5 Å². The number of halogens is 3. The van der Waals surface area contributed by atoms with Gasteiger partial charge < -0.3 is 0 Å². The molecule has 5 aromatic carbocycles. The van der Waals surface area contributed by atoms with Gasteiger partial charge in [-0.25, -0.2) is 18.7 Å². The van der Waals surface area contributed by atoms with Gasteiger partial charge in [0.1, 0.15) is 60.8 Å². The predicted octanol–water partition coefficient (Wildman–Crippen LogP) is 15.1. The average Bonchev–Trinajstić information content (AvgIpc) is 1.77. The van der Waals surface area contributed by atoms with Gasteiger partial charge >= 0.3 is 0 Å². The predicted molar refractivity (Wildman–Crippen MR) is 430 cm³/mol. The highest BCUT2D eigenvalue weighted by atomic mass is 35.5. The molecule has 6 heterocycles. The van der Waals surface area contributed by atoms with Crippen LogP contribution in [0.5, 0.6) is 0 Å². The molecule has 0 fully saturated rings. The zero-order valence-corrected chi connectivity index (χ0v) is 67.9. The number of carbonyl (C=O) groups is 11.